The number of benzene rings is 1. The highest BCUT2D eigenvalue weighted by Crippen LogP contribution is 2.15. The molecular formula is C18H24N2O. The minimum atomic E-state index is 0.0450. The molecule has 0 saturated carbocycles. The Labute approximate surface area is 127 Å². The maximum Gasteiger partial charge on any atom is 0.272 e. The van der Waals surface area contributed by atoms with Crippen LogP contribution in [0.5, 0.6) is 0 Å². The summed E-state index contributed by atoms with van der Waals surface area (Å²) in [6, 6.07) is 12.0. The lowest BCUT2D eigenvalue weighted by Crippen LogP contribution is -2.39. The van der Waals surface area contributed by atoms with Gasteiger partial charge in [-0.05, 0) is 31.9 Å². The highest BCUT2D eigenvalue weighted by molar-refractivity contribution is 5.95. The van der Waals surface area contributed by atoms with Crippen molar-refractivity contribution in [1.82, 2.24) is 9.88 Å². The lowest BCUT2D eigenvalue weighted by Gasteiger charge is -2.28. The average Bonchev–Trinajstić information content (AvgIpc) is 2.54. The van der Waals surface area contributed by atoms with Crippen LogP contribution in [0.25, 0.3) is 10.9 Å². The second-order valence-electron chi connectivity index (χ2n) is 5.50. The van der Waals surface area contributed by atoms with Crippen LogP contribution in [0.1, 0.15) is 50.5 Å². The molecule has 0 aliphatic heterocycles. The van der Waals surface area contributed by atoms with Gasteiger partial charge in [0.2, 0.25) is 0 Å². The second-order valence-corrected chi connectivity index (χ2v) is 5.50. The molecule has 0 aliphatic rings. The summed E-state index contributed by atoms with van der Waals surface area (Å²) in [6.07, 6.45) is 3.08. The van der Waals surface area contributed by atoms with Crippen LogP contribution in [-0.2, 0) is 0 Å². The fraction of sp³-hybridized carbons (Fsp3) is 0.444. The third kappa shape index (κ3) is 3.60. The van der Waals surface area contributed by atoms with Crippen molar-refractivity contribution in [2.45, 2.75) is 46.1 Å². The van der Waals surface area contributed by atoms with Crippen molar-refractivity contribution >= 4 is 16.8 Å². The summed E-state index contributed by atoms with van der Waals surface area (Å²) in [5.74, 6) is 0.0450. The fourth-order valence-corrected chi connectivity index (χ4v) is 2.40. The topological polar surface area (TPSA) is 33.2 Å². The number of pyridine rings is 1. The molecule has 3 heteroatoms. The highest BCUT2D eigenvalue weighted by atomic mass is 16.2. The number of unbranched alkanes of at least 4 members (excludes halogenated alkanes) is 1. The van der Waals surface area contributed by atoms with Crippen LogP contribution >= 0.6 is 0 Å². The summed E-state index contributed by atoms with van der Waals surface area (Å²) in [5.41, 5.74) is 1.42. The van der Waals surface area contributed by atoms with E-state index in [2.05, 4.69) is 25.8 Å². The summed E-state index contributed by atoms with van der Waals surface area (Å²) in [4.78, 5) is 19.2. The molecular weight excluding hydrogens is 260 g/mol. The molecule has 1 heterocycles. The number of aromatic nitrogens is 1. The van der Waals surface area contributed by atoms with E-state index >= 15 is 0 Å². The fourth-order valence-electron chi connectivity index (χ4n) is 2.40. The van der Waals surface area contributed by atoms with E-state index in [-0.39, 0.29) is 11.9 Å². The van der Waals surface area contributed by atoms with Gasteiger partial charge in [-0.15, -0.1) is 0 Å². The predicted molar refractivity (Wildman–Crippen MR) is 87.4 cm³/mol. The van der Waals surface area contributed by atoms with Gasteiger partial charge in [0.15, 0.2) is 0 Å². The third-order valence-corrected chi connectivity index (χ3v) is 3.95. The molecule has 0 spiro atoms. The summed E-state index contributed by atoms with van der Waals surface area (Å²) >= 11 is 0. The number of carbonyl (C=O) groups excluding carboxylic acids is 1. The molecule has 0 fully saturated rings. The smallest absolute Gasteiger partial charge is 0.272 e. The van der Waals surface area contributed by atoms with Gasteiger partial charge >= 0.3 is 0 Å². The number of hydrogen-bond donors (Lipinski definition) is 0. The van der Waals surface area contributed by atoms with E-state index in [0.29, 0.717) is 5.69 Å². The molecule has 3 nitrogen and oxygen atoms in total. The van der Waals surface area contributed by atoms with Crippen LogP contribution in [0, 0.1) is 0 Å². The number of rotatable bonds is 6. The minimum absolute atomic E-state index is 0.0450. The molecule has 2 rings (SSSR count). The molecule has 2 aromatic rings. The first-order chi connectivity index (χ1) is 10.2. The van der Waals surface area contributed by atoms with Crippen molar-refractivity contribution in [3.8, 4) is 0 Å². The van der Waals surface area contributed by atoms with Gasteiger partial charge in [-0.1, -0.05) is 44.5 Å². The van der Waals surface area contributed by atoms with E-state index in [0.717, 1.165) is 36.7 Å². The van der Waals surface area contributed by atoms with Gasteiger partial charge < -0.3 is 4.90 Å². The van der Waals surface area contributed by atoms with Crippen molar-refractivity contribution in [2.24, 2.45) is 0 Å². The lowest BCUT2D eigenvalue weighted by atomic mass is 10.1. The Bertz CT molecular complexity index is 609. The zero-order valence-corrected chi connectivity index (χ0v) is 13.2. The molecule has 0 saturated heterocycles. The summed E-state index contributed by atoms with van der Waals surface area (Å²) in [7, 11) is 0. The van der Waals surface area contributed by atoms with Crippen LogP contribution in [0.15, 0.2) is 36.4 Å². The molecule has 0 bridgehead atoms. The number of fused-ring (bicyclic) bond motifs is 1. The maximum absolute atomic E-state index is 12.8. The Balaban J connectivity index is 2.28. The first-order valence-electron chi connectivity index (χ1n) is 7.84. The van der Waals surface area contributed by atoms with E-state index in [4.69, 9.17) is 0 Å². The average molecular weight is 284 g/mol. The van der Waals surface area contributed by atoms with E-state index in [9.17, 15) is 4.79 Å². The normalized spacial score (nSPS) is 12.3. The molecule has 1 amide bonds. The van der Waals surface area contributed by atoms with Gasteiger partial charge in [0.25, 0.3) is 5.91 Å². The zero-order valence-electron chi connectivity index (χ0n) is 13.2. The number of nitrogens with zero attached hydrogens (tertiary/aromatic N) is 2. The number of amides is 1. The SMILES string of the molecule is CCCCN(C(=O)c1ccc2ccccc2n1)C(C)CC. The molecule has 0 aliphatic carbocycles. The molecule has 1 aromatic heterocycles. The van der Waals surface area contributed by atoms with Crippen molar-refractivity contribution < 1.29 is 4.79 Å². The van der Waals surface area contributed by atoms with Gasteiger partial charge in [-0.2, -0.15) is 0 Å². The minimum Gasteiger partial charge on any atom is -0.335 e. The summed E-state index contributed by atoms with van der Waals surface area (Å²) < 4.78 is 0. The van der Waals surface area contributed by atoms with E-state index in [1.165, 1.54) is 0 Å². The summed E-state index contributed by atoms with van der Waals surface area (Å²) in [6.45, 7) is 7.17. The Kier molecular flexibility index (Phi) is 5.32. The Morgan fingerprint density at radius 2 is 1.95 bits per heavy atom. The summed E-state index contributed by atoms with van der Waals surface area (Å²) in [5, 5.41) is 1.07. The molecule has 0 N–H and O–H groups in total. The number of para-hydroxylation sites is 1. The quantitative estimate of drug-likeness (QED) is 0.793. The van der Waals surface area contributed by atoms with Crippen LogP contribution in [-0.4, -0.2) is 28.4 Å². The molecule has 21 heavy (non-hydrogen) atoms. The lowest BCUT2D eigenvalue weighted by molar-refractivity contribution is 0.0679. The maximum atomic E-state index is 12.8. The van der Waals surface area contributed by atoms with E-state index in [1.807, 2.05) is 41.3 Å². The second kappa shape index (κ2) is 7.21. The molecule has 112 valence electrons. The monoisotopic (exact) mass is 284 g/mol. The third-order valence-electron chi connectivity index (χ3n) is 3.95. The van der Waals surface area contributed by atoms with Crippen LogP contribution in [0.2, 0.25) is 0 Å². The van der Waals surface area contributed by atoms with Crippen LogP contribution < -0.4 is 0 Å². The van der Waals surface area contributed by atoms with E-state index in [1.54, 1.807) is 0 Å². The predicted octanol–water partition coefficient (Wildman–Crippen LogP) is 4.28. The number of hydrogen-bond acceptors (Lipinski definition) is 2. The van der Waals surface area contributed by atoms with Crippen LogP contribution in [0.3, 0.4) is 0 Å². The van der Waals surface area contributed by atoms with Crippen molar-refractivity contribution in [2.75, 3.05) is 6.54 Å². The van der Waals surface area contributed by atoms with Gasteiger partial charge in [0, 0.05) is 18.0 Å². The molecule has 1 aromatic carbocycles. The van der Waals surface area contributed by atoms with Gasteiger partial charge in [0.1, 0.15) is 5.69 Å². The van der Waals surface area contributed by atoms with Gasteiger partial charge in [0.05, 0.1) is 5.52 Å². The molecule has 0 radical (unpaired) electrons. The standard InChI is InChI=1S/C18H24N2O/c1-4-6-13-20(14(3)5-2)18(21)17-12-11-15-9-7-8-10-16(15)19-17/h7-12,14H,4-6,13H2,1-3H3. The molecule has 1 atom stereocenters. The van der Waals surface area contributed by atoms with Gasteiger partial charge in [-0.25, -0.2) is 4.98 Å². The van der Waals surface area contributed by atoms with Crippen molar-refractivity contribution in [3.05, 3.63) is 42.1 Å². The van der Waals surface area contributed by atoms with Crippen LogP contribution in [0.4, 0.5) is 0 Å². The Hall–Kier alpha value is -1.90. The van der Waals surface area contributed by atoms with Gasteiger partial charge in [-0.3, -0.25) is 4.79 Å². The first kappa shape index (κ1) is 15.5. The Morgan fingerprint density at radius 3 is 2.67 bits per heavy atom. The van der Waals surface area contributed by atoms with E-state index < -0.39 is 0 Å². The first-order valence-corrected chi connectivity index (χ1v) is 7.84. The largest absolute Gasteiger partial charge is 0.335 e. The number of carbonyl (C=O) groups is 1. The molecule has 1 unspecified atom stereocenters. The Morgan fingerprint density at radius 1 is 1.19 bits per heavy atom. The highest BCUT2D eigenvalue weighted by Gasteiger charge is 2.21. The van der Waals surface area contributed by atoms with Crippen molar-refractivity contribution in [1.29, 1.82) is 0 Å². The zero-order chi connectivity index (χ0) is 15.2. The van der Waals surface area contributed by atoms with Crippen molar-refractivity contribution in [3.63, 3.8) is 0 Å².